The molecule has 0 unspecified atom stereocenters. The lowest BCUT2D eigenvalue weighted by Crippen LogP contribution is -2.33. The zero-order chi connectivity index (χ0) is 110. The summed E-state index contributed by atoms with van der Waals surface area (Å²) in [5.74, 6) is 15.2. The number of aliphatic hydroxyl groups excluding tert-OH is 1. The predicted octanol–water partition coefficient (Wildman–Crippen LogP) is 22.8. The van der Waals surface area contributed by atoms with E-state index < -0.39 is 0 Å². The number of nitrogens with two attached hydrogens (primary N) is 4. The van der Waals surface area contributed by atoms with E-state index in [1.165, 1.54) is 31.3 Å². The molecule has 0 fully saturated rings. The van der Waals surface area contributed by atoms with Crippen molar-refractivity contribution in [1.29, 1.82) is 0 Å². The van der Waals surface area contributed by atoms with Crippen molar-refractivity contribution in [3.63, 3.8) is 0 Å². The minimum Gasteiger partial charge on any atom is -0.512 e. The topological polar surface area (TPSA) is 549 Å². The molecule has 138 heavy (non-hydrogen) atoms. The molecule has 6 aromatic rings. The number of amidine groups is 2. The Morgan fingerprint density at radius 3 is 0.913 bits per heavy atom. The molecule has 6 aromatic heterocycles. The summed E-state index contributed by atoms with van der Waals surface area (Å²) in [7, 11) is 0. The number of tetrazole rings is 3. The fourth-order valence-electron chi connectivity index (χ4n) is 7.60. The Balaban J connectivity index is -0.000000158. The molecule has 0 saturated carbocycles. The van der Waals surface area contributed by atoms with Gasteiger partial charge in [-0.3, -0.25) is 38.8 Å². The molecule has 8 heterocycles. The zero-order valence-corrected chi connectivity index (χ0v) is 95.2. The van der Waals surface area contributed by atoms with Crippen molar-refractivity contribution in [2.75, 3.05) is 6.54 Å². The Hall–Kier alpha value is -10.9. The van der Waals surface area contributed by atoms with Crippen LogP contribution in [0.5, 0.6) is 0 Å². The summed E-state index contributed by atoms with van der Waals surface area (Å²) < 4.78 is 0. The average molecular weight is 1940 g/mol. The number of aliphatic imine (C=N–C) groups is 2. The molecule has 35 heteroatoms. The Morgan fingerprint density at radius 2 is 0.804 bits per heavy atom. The summed E-state index contributed by atoms with van der Waals surface area (Å²) in [6.45, 7) is 102. The number of allylic oxidation sites excluding steroid dienone is 5. The maximum atomic E-state index is 11.0. The number of Topliss-reactive ketones (excluding diaryl/α,β-unsaturated/α-hetero) is 2. The minimum atomic E-state index is -0.333. The largest absolute Gasteiger partial charge is 0.512 e. The second kappa shape index (κ2) is 91.2. The molecule has 0 bridgehead atoms. The normalized spacial score (nSPS) is 11.5. The van der Waals surface area contributed by atoms with Crippen LogP contribution in [0.4, 0.5) is 0 Å². The van der Waals surface area contributed by atoms with Gasteiger partial charge in [-0.05, 0) is 118 Å². The Labute approximate surface area is 835 Å². The van der Waals surface area contributed by atoms with E-state index in [9.17, 15) is 28.8 Å². The van der Waals surface area contributed by atoms with Gasteiger partial charge in [-0.25, -0.2) is 9.97 Å². The smallest absolute Gasteiger partial charge is 0.247 e. The first-order chi connectivity index (χ1) is 63.4. The van der Waals surface area contributed by atoms with Crippen molar-refractivity contribution < 1.29 is 29.1 Å². The lowest BCUT2D eigenvalue weighted by atomic mass is 9.99. The number of carbonyl (C=O) groups excluding carboxylic acids is 5. The monoisotopic (exact) mass is 1940 g/mol. The summed E-state index contributed by atoms with van der Waals surface area (Å²) in [4.78, 5) is 87.4. The molecule has 0 atom stereocenters. The first kappa shape index (κ1) is 147. The maximum absolute atomic E-state index is 11.0. The molecule has 2 aliphatic heterocycles. The third kappa shape index (κ3) is 112. The maximum Gasteiger partial charge on any atom is 0.247 e. The summed E-state index contributed by atoms with van der Waals surface area (Å²) in [6, 6.07) is 5.85. The lowest BCUT2D eigenvalue weighted by Gasteiger charge is -2.09. The Morgan fingerprint density at radius 1 is 0.464 bits per heavy atom. The fraction of sp³-hybridized carbons (Fsp3) is 0.709. The molecule has 35 nitrogen and oxygen atoms in total. The summed E-state index contributed by atoms with van der Waals surface area (Å²) >= 11 is 0. The van der Waals surface area contributed by atoms with Crippen LogP contribution in [-0.2, 0) is 24.0 Å². The Bertz CT molecular complexity index is 3780. The van der Waals surface area contributed by atoms with Crippen molar-refractivity contribution in [2.24, 2.45) is 119 Å². The second-order valence-electron chi connectivity index (χ2n) is 40.1. The van der Waals surface area contributed by atoms with E-state index in [1.807, 2.05) is 209 Å². The quantitative estimate of drug-likeness (QED) is 0.0170. The molecule has 796 valence electrons. The van der Waals surface area contributed by atoms with Crippen molar-refractivity contribution in [3.8, 4) is 0 Å². The number of dihydropyridines is 1. The fourth-order valence-corrected chi connectivity index (χ4v) is 7.60. The van der Waals surface area contributed by atoms with Gasteiger partial charge in [0.25, 0.3) is 0 Å². The standard InChI is InChI=1S/2C9H16N2.3C8H16O.2C7H16N2.C7H15NO.C6H7N.C5H9N3.C5H5NO.3C4H8N4.2C4H10.2C2H5NO/c2*1-6(2)8-5-10-9(11-8)7(3)4;3*1-6(2)5-8(9)7(3)4;2*1-5(2)7(8)9-6(3)4;1-5(2)7(9)8-6(3)4;1-6-4-2-3-5-7-6;1-4(2)5-3-6-8-7-5;7-5-3-1-2-4-6-5;3*1-3(2)4-5-7-8-6-4;2*1-4(2)3;2*1-2(3)4/h2*5-7H,1-4H3,(H,10,11);2*6-7H,5H2,1-4H3;5-7,9H,1-4H3;2*5-6H,1-4H3,(H2,8,9);5-6H,1-4H3,(H,8,9);2-5,7H,1H2;4H,3H2,1-2H3;1-4H,(H,6,7);3*3H,1-2H3,(H,5,6,7,8);2*4H,1-3H3;2*1H3,(H2,3,4)/b;;;;8-5-;;;;;;;;;;;;;. The number of aliphatic hydroxyl groups is 1. The highest BCUT2D eigenvalue weighted by atomic mass is 16.3. The number of primary amides is 2. The molecule has 0 spiro atoms. The van der Waals surface area contributed by atoms with E-state index >= 15 is 0 Å². The zero-order valence-electron chi connectivity index (χ0n) is 95.2. The van der Waals surface area contributed by atoms with E-state index in [-0.39, 0.29) is 53.0 Å². The van der Waals surface area contributed by atoms with Gasteiger partial charge < -0.3 is 53.6 Å². The van der Waals surface area contributed by atoms with Gasteiger partial charge in [-0.2, -0.15) is 20.8 Å². The van der Waals surface area contributed by atoms with Crippen LogP contribution >= 0.6 is 0 Å². The van der Waals surface area contributed by atoms with E-state index in [2.05, 4.69) is 293 Å². The SMILES string of the molecule is C=C1C=CC=CN1.CC(C)/C=C(\O)C(C)C.CC(C)C.CC(C)C.CC(C)C1=NN=NC1.CC(C)CC(=O)C(C)C.CC(C)CC(=O)C(C)C.CC(C)N=C(N)C(C)C.CC(C)N=C(N)C(C)C.CC(C)NC(=O)C(C)C.CC(C)c1cnc(C(C)C)[nH]1.CC(C)c1cnc(C(C)C)[nH]1.CC(C)c1nn[nH]n1.CC(C)c1nn[nH]n1.CC(C)c1nn[nH]n1.CC(N)=O.CC(N)=O.O=c1cccc[nH]1. The van der Waals surface area contributed by atoms with Crippen LogP contribution in [0.25, 0.3) is 0 Å². The van der Waals surface area contributed by atoms with Crippen LogP contribution in [0.1, 0.15) is 427 Å². The molecule has 0 radical (unpaired) electrons. The van der Waals surface area contributed by atoms with Gasteiger partial charge in [0.05, 0.1) is 23.1 Å². The van der Waals surface area contributed by atoms with Crippen molar-refractivity contribution >= 4 is 46.7 Å². The van der Waals surface area contributed by atoms with Crippen molar-refractivity contribution in [3.05, 3.63) is 136 Å². The molecule has 0 aromatic carbocycles. The van der Waals surface area contributed by atoms with Gasteiger partial charge in [-0.15, -0.1) is 35.7 Å². The number of imidazole rings is 2. The van der Waals surface area contributed by atoms with E-state index in [0.717, 1.165) is 76.9 Å². The van der Waals surface area contributed by atoms with Crippen LogP contribution < -0.4 is 39.1 Å². The van der Waals surface area contributed by atoms with Crippen LogP contribution in [0.15, 0.2) is 116 Å². The van der Waals surface area contributed by atoms with Crippen LogP contribution in [0, 0.1) is 71.0 Å². The van der Waals surface area contributed by atoms with Crippen molar-refractivity contribution in [2.45, 2.75) is 405 Å². The number of amides is 3. The first-order valence-electron chi connectivity index (χ1n) is 49.0. The van der Waals surface area contributed by atoms with Gasteiger partial charge in [-0.1, -0.05) is 311 Å². The number of carbonyl (C=O) groups is 5. The number of H-pyrrole nitrogens is 6. The minimum absolute atomic E-state index is 0.0532. The lowest BCUT2D eigenvalue weighted by molar-refractivity contribution is -0.124. The van der Waals surface area contributed by atoms with Gasteiger partial charge in [0.15, 0.2) is 17.5 Å². The second-order valence-corrected chi connectivity index (χ2v) is 40.1. The Kier molecular flexibility index (Phi) is 97.4. The number of ketones is 2. The summed E-state index contributed by atoms with van der Waals surface area (Å²) in [5, 5.41) is 65.9. The van der Waals surface area contributed by atoms with Gasteiger partial charge >= 0.3 is 0 Å². The van der Waals surface area contributed by atoms with Crippen LogP contribution in [0.2, 0.25) is 0 Å². The van der Waals surface area contributed by atoms with Crippen LogP contribution in [0.3, 0.4) is 0 Å². The average Bonchev–Trinajstić information content (AvgIpc) is 1.75. The highest BCUT2D eigenvalue weighted by molar-refractivity contribution is 5.88. The number of nitrogens with zero attached hydrogens (tertiary/aromatic N) is 16. The number of hydrogen-bond acceptors (Lipinski definition) is 24. The summed E-state index contributed by atoms with van der Waals surface area (Å²) in [5.41, 5.74) is 24.5. The number of nitrogens with one attached hydrogen (secondary N) is 8. The molecule has 0 saturated heterocycles. The van der Waals surface area contributed by atoms with Gasteiger partial charge in [0.1, 0.15) is 29.8 Å². The third-order valence-electron chi connectivity index (χ3n) is 15.3. The molecule has 2 aliphatic rings. The molecule has 3 amide bonds. The predicted molar refractivity (Wildman–Crippen MR) is 579 cm³/mol. The number of aromatic nitrogens is 17. The van der Waals surface area contributed by atoms with Crippen LogP contribution in [-0.4, -0.2) is 163 Å². The highest BCUT2D eigenvalue weighted by Crippen LogP contribution is 2.18. The molecule has 8 rings (SSSR count). The summed E-state index contributed by atoms with van der Waals surface area (Å²) in [6.07, 6.45) is 16.4. The number of pyridine rings is 1. The highest BCUT2D eigenvalue weighted by Gasteiger charge is 2.13. The number of hydrogen-bond donors (Lipinski definition) is 13. The molecular weight excluding hydrogens is 1740 g/mol. The van der Waals surface area contributed by atoms with Crippen molar-refractivity contribution in [1.82, 2.24) is 97.4 Å². The number of rotatable bonds is 22. The van der Waals surface area contributed by atoms with Gasteiger partial charge in [0, 0.05) is 158 Å². The molecular formula is C103H202N28O7. The van der Waals surface area contributed by atoms with Gasteiger partial charge in [0.2, 0.25) is 23.3 Å². The number of aromatic amines is 6. The van der Waals surface area contributed by atoms with E-state index in [1.54, 1.807) is 18.3 Å². The molecule has 17 N–H and O–H groups in total. The van der Waals surface area contributed by atoms with E-state index in [4.69, 9.17) is 16.6 Å². The first-order valence-corrected chi connectivity index (χ1v) is 49.0. The van der Waals surface area contributed by atoms with E-state index in [0.29, 0.717) is 113 Å². The third-order valence-corrected chi connectivity index (χ3v) is 15.3. The molecule has 0 aliphatic carbocycles.